The smallest absolute Gasteiger partial charge is 0.327 e. The van der Waals surface area contributed by atoms with Crippen LogP contribution in [0.4, 0.5) is 0 Å². The molecule has 13 nitrogen and oxygen atoms in total. The molecule has 0 aromatic heterocycles. The standard InChI is InChI=1S/C19H33N5O8S/c1-9(2)7-12(23-16(28)10(20)3-5-14(21)25)18(30)22-11(4-6-15(26)27)17(29)24-13(8-33)19(31)32/h9-13,33H,3-8,20H2,1-2H3,(H2,21,25)(H,22,30)(H,23,28)(H,24,29)(H,26,27)(H,31,32). The summed E-state index contributed by atoms with van der Waals surface area (Å²) in [5, 5.41) is 25.1. The fourth-order valence-electron chi connectivity index (χ4n) is 2.68. The van der Waals surface area contributed by atoms with Gasteiger partial charge in [0.15, 0.2) is 0 Å². The average Bonchev–Trinajstić information content (AvgIpc) is 2.71. The molecule has 0 aromatic carbocycles. The Morgan fingerprint density at radius 3 is 1.79 bits per heavy atom. The van der Waals surface area contributed by atoms with Gasteiger partial charge in [-0.3, -0.25) is 24.0 Å². The summed E-state index contributed by atoms with van der Waals surface area (Å²) in [6, 6.07) is -4.93. The normalized spacial score (nSPS) is 14.5. The first-order valence-electron chi connectivity index (χ1n) is 10.3. The largest absolute Gasteiger partial charge is 0.481 e. The average molecular weight is 492 g/mol. The van der Waals surface area contributed by atoms with Crippen molar-refractivity contribution >= 4 is 48.2 Å². The highest BCUT2D eigenvalue weighted by atomic mass is 32.1. The number of aliphatic carboxylic acids is 2. The summed E-state index contributed by atoms with van der Waals surface area (Å²) in [4.78, 5) is 70.7. The number of thiol groups is 1. The van der Waals surface area contributed by atoms with Crippen LogP contribution in [0.2, 0.25) is 0 Å². The molecule has 0 saturated heterocycles. The van der Waals surface area contributed by atoms with Crippen molar-refractivity contribution in [3.8, 4) is 0 Å². The van der Waals surface area contributed by atoms with Gasteiger partial charge in [-0.1, -0.05) is 13.8 Å². The van der Waals surface area contributed by atoms with E-state index in [1.165, 1.54) is 0 Å². The van der Waals surface area contributed by atoms with Gasteiger partial charge in [-0.05, 0) is 25.2 Å². The Labute approximate surface area is 196 Å². The number of carboxylic acid groups (broad SMARTS) is 2. The summed E-state index contributed by atoms with van der Waals surface area (Å²) in [6.45, 7) is 3.58. The summed E-state index contributed by atoms with van der Waals surface area (Å²) < 4.78 is 0. The van der Waals surface area contributed by atoms with Crippen molar-refractivity contribution in [3.63, 3.8) is 0 Å². The number of nitrogens with two attached hydrogens (primary N) is 2. The molecule has 0 aliphatic rings. The van der Waals surface area contributed by atoms with E-state index in [1.807, 2.05) is 0 Å². The van der Waals surface area contributed by atoms with Crippen molar-refractivity contribution < 1.29 is 39.0 Å². The third-order valence-corrected chi connectivity index (χ3v) is 4.82. The molecular weight excluding hydrogens is 458 g/mol. The number of amides is 4. The van der Waals surface area contributed by atoms with Gasteiger partial charge in [0.25, 0.3) is 0 Å². The number of hydrogen-bond acceptors (Lipinski definition) is 8. The molecule has 33 heavy (non-hydrogen) atoms. The van der Waals surface area contributed by atoms with Crippen molar-refractivity contribution in [2.24, 2.45) is 17.4 Å². The van der Waals surface area contributed by atoms with Gasteiger partial charge in [0.2, 0.25) is 23.6 Å². The van der Waals surface area contributed by atoms with Crippen LogP contribution >= 0.6 is 12.6 Å². The zero-order valence-corrected chi connectivity index (χ0v) is 19.5. The Balaban J connectivity index is 5.45. The molecule has 0 bridgehead atoms. The first kappa shape index (κ1) is 30.1. The fourth-order valence-corrected chi connectivity index (χ4v) is 2.92. The van der Waals surface area contributed by atoms with Gasteiger partial charge < -0.3 is 37.6 Å². The molecule has 0 fully saturated rings. The fraction of sp³-hybridized carbons (Fsp3) is 0.684. The van der Waals surface area contributed by atoms with Crippen LogP contribution in [0.25, 0.3) is 0 Å². The molecule has 4 amide bonds. The van der Waals surface area contributed by atoms with E-state index >= 15 is 0 Å². The van der Waals surface area contributed by atoms with E-state index in [1.54, 1.807) is 13.8 Å². The van der Waals surface area contributed by atoms with Gasteiger partial charge >= 0.3 is 11.9 Å². The zero-order chi connectivity index (χ0) is 25.7. The quantitative estimate of drug-likeness (QED) is 0.111. The van der Waals surface area contributed by atoms with E-state index in [4.69, 9.17) is 21.7 Å². The van der Waals surface area contributed by atoms with Crippen LogP contribution < -0.4 is 27.4 Å². The second-order valence-corrected chi connectivity index (χ2v) is 8.24. The molecule has 0 spiro atoms. The van der Waals surface area contributed by atoms with E-state index < -0.39 is 66.2 Å². The summed E-state index contributed by atoms with van der Waals surface area (Å²) in [6.07, 6.45) is -0.770. The maximum absolute atomic E-state index is 12.9. The maximum atomic E-state index is 12.9. The van der Waals surface area contributed by atoms with Gasteiger partial charge in [0, 0.05) is 18.6 Å². The van der Waals surface area contributed by atoms with E-state index in [0.29, 0.717) is 0 Å². The molecule has 0 heterocycles. The lowest BCUT2D eigenvalue weighted by Crippen LogP contribution is -2.57. The van der Waals surface area contributed by atoms with Gasteiger partial charge in [-0.2, -0.15) is 12.6 Å². The highest BCUT2D eigenvalue weighted by molar-refractivity contribution is 7.80. The molecule has 0 rings (SSSR count). The summed E-state index contributed by atoms with van der Waals surface area (Å²) in [5.74, 6) is -5.88. The van der Waals surface area contributed by atoms with Gasteiger partial charge in [-0.15, -0.1) is 0 Å². The van der Waals surface area contributed by atoms with Crippen LogP contribution in [0.5, 0.6) is 0 Å². The predicted molar refractivity (Wildman–Crippen MR) is 120 cm³/mol. The first-order chi connectivity index (χ1) is 15.3. The molecule has 0 saturated carbocycles. The van der Waals surface area contributed by atoms with Crippen LogP contribution in [0.3, 0.4) is 0 Å². The summed E-state index contributed by atoms with van der Waals surface area (Å²) in [5.41, 5.74) is 10.8. The minimum atomic E-state index is -1.37. The van der Waals surface area contributed by atoms with Crippen LogP contribution in [0.1, 0.15) is 46.0 Å². The second-order valence-electron chi connectivity index (χ2n) is 7.88. The molecule has 4 unspecified atom stereocenters. The Bertz CT molecular complexity index is 733. The lowest BCUT2D eigenvalue weighted by Gasteiger charge is -2.25. The van der Waals surface area contributed by atoms with E-state index in [9.17, 15) is 28.8 Å². The highest BCUT2D eigenvalue weighted by Crippen LogP contribution is 2.08. The van der Waals surface area contributed by atoms with Crippen LogP contribution in [0, 0.1) is 5.92 Å². The lowest BCUT2D eigenvalue weighted by molar-refractivity contribution is -0.142. The summed E-state index contributed by atoms with van der Waals surface area (Å²) in [7, 11) is 0. The van der Waals surface area contributed by atoms with Crippen LogP contribution in [-0.2, 0) is 28.8 Å². The number of carbonyl (C=O) groups is 6. The van der Waals surface area contributed by atoms with E-state index in [0.717, 1.165) is 0 Å². The molecule has 0 radical (unpaired) electrons. The number of rotatable bonds is 16. The van der Waals surface area contributed by atoms with Gasteiger partial charge in [0.05, 0.1) is 6.04 Å². The monoisotopic (exact) mass is 491 g/mol. The molecule has 0 aliphatic heterocycles. The van der Waals surface area contributed by atoms with Gasteiger partial charge in [-0.25, -0.2) is 4.79 Å². The Morgan fingerprint density at radius 2 is 1.33 bits per heavy atom. The van der Waals surface area contributed by atoms with Crippen molar-refractivity contribution in [1.82, 2.24) is 16.0 Å². The molecule has 0 aromatic rings. The Kier molecular flexibility index (Phi) is 13.7. The summed E-state index contributed by atoms with van der Waals surface area (Å²) >= 11 is 3.84. The second kappa shape index (κ2) is 15.1. The number of carbonyl (C=O) groups excluding carboxylic acids is 4. The Morgan fingerprint density at radius 1 is 0.818 bits per heavy atom. The molecular formula is C19H33N5O8S. The minimum Gasteiger partial charge on any atom is -0.481 e. The third kappa shape index (κ3) is 12.7. The molecule has 188 valence electrons. The molecule has 14 heteroatoms. The maximum Gasteiger partial charge on any atom is 0.327 e. The number of nitrogens with one attached hydrogen (secondary N) is 3. The SMILES string of the molecule is CC(C)CC(NC(=O)C(N)CCC(N)=O)C(=O)NC(CCC(=O)O)C(=O)NC(CS)C(=O)O. The number of carboxylic acids is 2. The van der Waals surface area contributed by atoms with E-state index in [-0.39, 0.29) is 37.4 Å². The lowest BCUT2D eigenvalue weighted by atomic mass is 10.0. The number of primary amides is 1. The molecule has 0 aliphatic carbocycles. The van der Waals surface area contributed by atoms with Crippen LogP contribution in [-0.4, -0.2) is 75.7 Å². The number of hydrogen-bond donors (Lipinski definition) is 8. The third-order valence-electron chi connectivity index (χ3n) is 4.46. The topological polar surface area (TPSA) is 231 Å². The molecule has 9 N–H and O–H groups in total. The van der Waals surface area contributed by atoms with Gasteiger partial charge in [0.1, 0.15) is 18.1 Å². The van der Waals surface area contributed by atoms with Crippen molar-refractivity contribution in [2.75, 3.05) is 5.75 Å². The Hall–Kier alpha value is -2.87. The van der Waals surface area contributed by atoms with Crippen molar-refractivity contribution in [1.29, 1.82) is 0 Å². The highest BCUT2D eigenvalue weighted by Gasteiger charge is 2.30. The molecule has 4 atom stereocenters. The van der Waals surface area contributed by atoms with E-state index in [2.05, 4.69) is 28.6 Å². The zero-order valence-electron chi connectivity index (χ0n) is 18.6. The minimum absolute atomic E-state index is 0.0267. The van der Waals surface area contributed by atoms with Crippen molar-refractivity contribution in [3.05, 3.63) is 0 Å². The first-order valence-corrected chi connectivity index (χ1v) is 10.9. The van der Waals surface area contributed by atoms with Crippen molar-refractivity contribution in [2.45, 2.75) is 70.1 Å². The van der Waals surface area contributed by atoms with Crippen LogP contribution in [0.15, 0.2) is 0 Å². The predicted octanol–water partition coefficient (Wildman–Crippen LogP) is -2.04.